The molecule has 0 spiro atoms. The Morgan fingerprint density at radius 3 is 1.84 bits per heavy atom. The molecule has 1 aromatic carbocycles. The highest BCUT2D eigenvalue weighted by molar-refractivity contribution is 5.22. The summed E-state index contributed by atoms with van der Waals surface area (Å²) in [4.78, 5) is 0. The van der Waals surface area contributed by atoms with Crippen LogP contribution in [0.1, 0.15) is 69.4 Å². The summed E-state index contributed by atoms with van der Waals surface area (Å²) in [6.45, 7) is 6.02. The second-order valence-corrected chi connectivity index (χ2v) is 5.52. The van der Waals surface area contributed by atoms with E-state index in [1.54, 1.807) is 0 Å². The van der Waals surface area contributed by atoms with Crippen LogP contribution >= 0.6 is 0 Å². The minimum atomic E-state index is 1.17. The molecule has 0 aliphatic heterocycles. The molecule has 0 aromatic heterocycles. The summed E-state index contributed by atoms with van der Waals surface area (Å²) in [5.74, 6) is 0. The molecule has 0 atom stereocenters. The van der Waals surface area contributed by atoms with Gasteiger partial charge in [-0.2, -0.15) is 0 Å². The van der Waals surface area contributed by atoms with Crippen molar-refractivity contribution in [3.05, 3.63) is 48.0 Å². The van der Waals surface area contributed by atoms with Crippen LogP contribution in [0.25, 0.3) is 0 Å². The molecule has 0 heterocycles. The van der Waals surface area contributed by atoms with E-state index >= 15 is 0 Å². The van der Waals surface area contributed by atoms with E-state index in [0.29, 0.717) is 0 Å². The van der Waals surface area contributed by atoms with Gasteiger partial charge in [-0.1, -0.05) is 62.9 Å². The van der Waals surface area contributed by atoms with Gasteiger partial charge in [0.15, 0.2) is 0 Å². The summed E-state index contributed by atoms with van der Waals surface area (Å²) < 4.78 is 0. The molecule has 0 fully saturated rings. The first kappa shape index (κ1) is 16.0. The molecule has 0 heteroatoms. The third-order valence-electron chi connectivity index (χ3n) is 3.72. The van der Waals surface area contributed by atoms with E-state index in [2.05, 4.69) is 37.8 Å². The van der Waals surface area contributed by atoms with Gasteiger partial charge in [0.05, 0.1) is 0 Å². The first-order chi connectivity index (χ1) is 9.36. The van der Waals surface area contributed by atoms with Crippen molar-refractivity contribution in [3.63, 3.8) is 0 Å². The quantitative estimate of drug-likeness (QED) is 0.332. The van der Waals surface area contributed by atoms with Crippen molar-refractivity contribution in [2.24, 2.45) is 0 Å². The first-order valence-corrected chi connectivity index (χ1v) is 8.05. The van der Waals surface area contributed by atoms with Gasteiger partial charge in [-0.15, -0.1) is 6.58 Å². The zero-order valence-electron chi connectivity index (χ0n) is 12.7. The molecule has 0 unspecified atom stereocenters. The minimum Gasteiger partial charge on any atom is -0.103 e. The van der Waals surface area contributed by atoms with Crippen molar-refractivity contribution in [1.82, 2.24) is 0 Å². The van der Waals surface area contributed by atoms with E-state index < -0.39 is 0 Å². The number of hydrogen-bond acceptors (Lipinski definition) is 0. The molecule has 0 aliphatic rings. The van der Waals surface area contributed by atoms with Gasteiger partial charge < -0.3 is 0 Å². The van der Waals surface area contributed by atoms with E-state index in [1.165, 1.54) is 75.3 Å². The van der Waals surface area contributed by atoms with E-state index in [-0.39, 0.29) is 0 Å². The number of aryl methyl sites for hydroxylation is 2. The van der Waals surface area contributed by atoms with Gasteiger partial charge in [0.1, 0.15) is 0 Å². The molecule has 0 amide bonds. The molecule has 19 heavy (non-hydrogen) atoms. The molecular formula is C19H30. The average molecular weight is 258 g/mol. The molecule has 0 aliphatic carbocycles. The highest BCUT2D eigenvalue weighted by Crippen LogP contribution is 2.12. The Hall–Kier alpha value is -1.04. The van der Waals surface area contributed by atoms with Gasteiger partial charge in [-0.05, 0) is 49.7 Å². The number of unbranched alkanes of at least 4 members (excludes halogenated alkanes) is 6. The maximum atomic E-state index is 3.76. The normalized spacial score (nSPS) is 10.6. The van der Waals surface area contributed by atoms with Gasteiger partial charge >= 0.3 is 0 Å². The second kappa shape index (κ2) is 10.8. The molecule has 0 N–H and O–H groups in total. The fourth-order valence-corrected chi connectivity index (χ4v) is 2.42. The summed E-state index contributed by atoms with van der Waals surface area (Å²) in [6, 6.07) is 9.29. The van der Waals surface area contributed by atoms with Gasteiger partial charge in [0.25, 0.3) is 0 Å². The topological polar surface area (TPSA) is 0 Å². The van der Waals surface area contributed by atoms with Crippen molar-refractivity contribution in [1.29, 1.82) is 0 Å². The first-order valence-electron chi connectivity index (χ1n) is 8.05. The molecule has 0 saturated heterocycles. The molecule has 0 nitrogen and oxygen atoms in total. The predicted molar refractivity (Wildman–Crippen MR) is 86.7 cm³/mol. The Morgan fingerprint density at radius 1 is 0.789 bits per heavy atom. The molecule has 0 radical (unpaired) electrons. The molecule has 0 saturated carbocycles. The second-order valence-electron chi connectivity index (χ2n) is 5.52. The zero-order valence-corrected chi connectivity index (χ0v) is 12.7. The summed E-state index contributed by atoms with van der Waals surface area (Å²) in [5, 5.41) is 0. The molecule has 1 rings (SSSR count). The summed E-state index contributed by atoms with van der Waals surface area (Å²) in [6.07, 6.45) is 15.0. The van der Waals surface area contributed by atoms with E-state index in [9.17, 15) is 0 Å². The van der Waals surface area contributed by atoms with Crippen LogP contribution in [0.5, 0.6) is 0 Å². The molecular weight excluding hydrogens is 228 g/mol. The highest BCUT2D eigenvalue weighted by Gasteiger charge is 1.96. The van der Waals surface area contributed by atoms with Gasteiger partial charge in [-0.3, -0.25) is 0 Å². The summed E-state index contributed by atoms with van der Waals surface area (Å²) >= 11 is 0. The fraction of sp³-hybridized carbons (Fsp3) is 0.579. The molecule has 0 bridgehead atoms. The Labute approximate surface area is 119 Å². The number of hydrogen-bond donors (Lipinski definition) is 0. The number of allylic oxidation sites excluding steroid dienone is 1. The third kappa shape index (κ3) is 7.87. The van der Waals surface area contributed by atoms with Crippen LogP contribution in [-0.4, -0.2) is 0 Å². The van der Waals surface area contributed by atoms with Gasteiger partial charge in [0.2, 0.25) is 0 Å². The smallest absolute Gasteiger partial charge is 0.0279 e. The van der Waals surface area contributed by atoms with Crippen LogP contribution < -0.4 is 0 Å². The van der Waals surface area contributed by atoms with Crippen LogP contribution in [0.2, 0.25) is 0 Å². The minimum absolute atomic E-state index is 1.17. The number of benzene rings is 1. The van der Waals surface area contributed by atoms with Crippen molar-refractivity contribution in [2.75, 3.05) is 0 Å². The third-order valence-corrected chi connectivity index (χ3v) is 3.72. The standard InChI is InChI=1S/C19H30/c1-3-5-7-8-9-11-13-19-16-14-18(15-17-19)12-10-6-4-2/h3,14-17H,1,4-13H2,2H3. The average Bonchev–Trinajstić information content (AvgIpc) is 2.44. The van der Waals surface area contributed by atoms with Gasteiger partial charge in [-0.25, -0.2) is 0 Å². The Morgan fingerprint density at radius 2 is 1.32 bits per heavy atom. The van der Waals surface area contributed by atoms with Crippen molar-refractivity contribution < 1.29 is 0 Å². The monoisotopic (exact) mass is 258 g/mol. The number of rotatable bonds is 11. The lowest BCUT2D eigenvalue weighted by Crippen LogP contribution is -1.89. The van der Waals surface area contributed by atoms with E-state index in [1.807, 2.05) is 6.08 Å². The zero-order chi connectivity index (χ0) is 13.8. The van der Waals surface area contributed by atoms with Crippen LogP contribution in [0.3, 0.4) is 0 Å². The van der Waals surface area contributed by atoms with Crippen LogP contribution in [0.4, 0.5) is 0 Å². The fourth-order valence-electron chi connectivity index (χ4n) is 2.42. The maximum Gasteiger partial charge on any atom is -0.0279 e. The SMILES string of the molecule is C=CCCCCCCc1ccc(CCCCC)cc1. The Kier molecular flexibility index (Phi) is 9.14. The summed E-state index contributed by atoms with van der Waals surface area (Å²) in [5.41, 5.74) is 3.01. The van der Waals surface area contributed by atoms with E-state index in [0.717, 1.165) is 0 Å². The Balaban J connectivity index is 2.15. The van der Waals surface area contributed by atoms with E-state index in [4.69, 9.17) is 0 Å². The maximum absolute atomic E-state index is 3.76. The van der Waals surface area contributed by atoms with Crippen LogP contribution in [0, 0.1) is 0 Å². The van der Waals surface area contributed by atoms with Crippen molar-refractivity contribution in [3.8, 4) is 0 Å². The Bertz CT molecular complexity index is 320. The largest absolute Gasteiger partial charge is 0.103 e. The van der Waals surface area contributed by atoms with Gasteiger partial charge in [0, 0.05) is 0 Å². The van der Waals surface area contributed by atoms with Crippen LogP contribution in [0.15, 0.2) is 36.9 Å². The molecule has 1 aromatic rings. The summed E-state index contributed by atoms with van der Waals surface area (Å²) in [7, 11) is 0. The van der Waals surface area contributed by atoms with Crippen LogP contribution in [-0.2, 0) is 12.8 Å². The van der Waals surface area contributed by atoms with Crippen molar-refractivity contribution in [2.45, 2.75) is 71.1 Å². The lowest BCUT2D eigenvalue weighted by molar-refractivity contribution is 0.646. The highest BCUT2D eigenvalue weighted by atomic mass is 14.0. The lowest BCUT2D eigenvalue weighted by Gasteiger charge is -2.04. The van der Waals surface area contributed by atoms with Crippen molar-refractivity contribution >= 4 is 0 Å². The molecule has 106 valence electrons. The lowest BCUT2D eigenvalue weighted by atomic mass is 10.0. The predicted octanol–water partition coefficient (Wildman–Crippen LogP) is 6.10.